The molecule has 0 unspecified atom stereocenters. The summed E-state index contributed by atoms with van der Waals surface area (Å²) in [5.74, 6) is 3.96. The second-order valence-electron chi connectivity index (χ2n) is 32.0. The average Bonchev–Trinajstić information content (AvgIpc) is 0.701. The lowest BCUT2D eigenvalue weighted by molar-refractivity contribution is 0.488. The van der Waals surface area contributed by atoms with E-state index in [4.69, 9.17) is 4.74 Å². The molecule has 90 heavy (non-hydrogen) atoms. The van der Waals surface area contributed by atoms with Crippen LogP contribution in [0.1, 0.15) is 256 Å². The molecule has 0 saturated carbocycles. The summed E-state index contributed by atoms with van der Waals surface area (Å²) in [7, 11) is 0. The van der Waals surface area contributed by atoms with E-state index in [0.717, 1.165) is 28.3 Å². The molecule has 0 atom stereocenters. The third kappa shape index (κ3) is 12.0. The highest BCUT2D eigenvalue weighted by Crippen LogP contribution is 2.55. The maximum absolute atomic E-state index is 7.61. The minimum Gasteiger partial charge on any atom is -0.458 e. The van der Waals surface area contributed by atoms with Crippen molar-refractivity contribution in [2.24, 2.45) is 0 Å². The Hall–Kier alpha value is -7.36. The first-order valence-corrected chi connectivity index (χ1v) is 34.1. The zero-order valence-corrected chi connectivity index (χ0v) is 59.0. The first kappa shape index (κ1) is 64.2. The van der Waals surface area contributed by atoms with Crippen LogP contribution in [0.5, 0.6) is 11.5 Å². The van der Waals surface area contributed by atoms with Crippen molar-refractivity contribution >= 4 is 40.2 Å². The van der Waals surface area contributed by atoms with Gasteiger partial charge in [0, 0.05) is 22.5 Å². The molecule has 0 fully saturated rings. The summed E-state index contributed by atoms with van der Waals surface area (Å²) in [6.07, 6.45) is 0. The second-order valence-corrected chi connectivity index (χ2v) is 32.0. The van der Waals surface area contributed by atoms with Gasteiger partial charge in [-0.1, -0.05) is 293 Å². The van der Waals surface area contributed by atoms with Crippen LogP contribution < -0.4 is 26.0 Å². The number of ether oxygens (including phenoxy) is 1. The van der Waals surface area contributed by atoms with Gasteiger partial charge in [-0.05, 0) is 198 Å². The van der Waals surface area contributed by atoms with Gasteiger partial charge in [0.05, 0.1) is 5.69 Å². The van der Waals surface area contributed by atoms with Crippen LogP contribution in [-0.2, 0) is 16.2 Å². The third-order valence-electron chi connectivity index (χ3n) is 19.8. The molecule has 3 heteroatoms. The maximum atomic E-state index is 7.61. The topological polar surface area (TPSA) is 12.5 Å². The van der Waals surface area contributed by atoms with Gasteiger partial charge in [-0.2, -0.15) is 0 Å². The van der Waals surface area contributed by atoms with E-state index in [2.05, 4.69) is 322 Å². The van der Waals surface area contributed by atoms with Crippen molar-refractivity contribution in [1.82, 2.24) is 0 Å². The molecule has 0 bridgehead atoms. The number of para-hydroxylation sites is 1. The van der Waals surface area contributed by atoms with Crippen molar-refractivity contribution in [3.05, 3.63) is 213 Å². The molecular weight excluding hydrogens is 1090 g/mol. The van der Waals surface area contributed by atoms with Crippen molar-refractivity contribution in [2.75, 3.05) is 4.90 Å². The van der Waals surface area contributed by atoms with Gasteiger partial charge in [0.15, 0.2) is 0 Å². The van der Waals surface area contributed by atoms with E-state index in [1.165, 1.54) is 128 Å². The lowest BCUT2D eigenvalue weighted by Crippen LogP contribution is -2.59. The average molecular weight is 1190 g/mol. The second kappa shape index (κ2) is 24.0. The molecule has 2 aliphatic heterocycles. The summed E-state index contributed by atoms with van der Waals surface area (Å²) < 4.78 is 7.61. The minimum atomic E-state index is -0.181. The molecule has 0 saturated heterocycles. The monoisotopic (exact) mass is 1190 g/mol. The van der Waals surface area contributed by atoms with Crippen LogP contribution in [0.3, 0.4) is 0 Å². The maximum Gasteiger partial charge on any atom is 0.256 e. The van der Waals surface area contributed by atoms with Gasteiger partial charge in [0.2, 0.25) is 0 Å². The number of nitrogens with zero attached hydrogens (tertiary/aromatic N) is 1. The van der Waals surface area contributed by atoms with Crippen molar-refractivity contribution in [1.29, 1.82) is 0 Å². The zero-order valence-electron chi connectivity index (χ0n) is 59.0. The van der Waals surface area contributed by atoms with E-state index >= 15 is 0 Å². The van der Waals surface area contributed by atoms with Crippen LogP contribution in [0.2, 0.25) is 0 Å². The predicted molar refractivity (Wildman–Crippen MR) is 394 cm³/mol. The van der Waals surface area contributed by atoms with Crippen molar-refractivity contribution in [3.63, 3.8) is 0 Å². The highest BCUT2D eigenvalue weighted by molar-refractivity contribution is 6.99. The molecule has 464 valence electrons. The Kier molecular flexibility index (Phi) is 17.1. The molecule has 2 nitrogen and oxygen atoms in total. The van der Waals surface area contributed by atoms with Crippen molar-refractivity contribution in [3.8, 4) is 67.1 Å². The van der Waals surface area contributed by atoms with Crippen LogP contribution in [-0.4, -0.2) is 6.71 Å². The van der Waals surface area contributed by atoms with E-state index in [-0.39, 0.29) is 46.6 Å². The largest absolute Gasteiger partial charge is 0.458 e. The Labute approximate surface area is 544 Å². The highest BCUT2D eigenvalue weighted by Gasteiger charge is 2.44. The molecule has 0 radical (unpaired) electrons. The van der Waals surface area contributed by atoms with Crippen LogP contribution in [0.15, 0.2) is 158 Å². The molecule has 2 aliphatic rings. The van der Waals surface area contributed by atoms with Gasteiger partial charge >= 0.3 is 0 Å². The summed E-state index contributed by atoms with van der Waals surface area (Å²) in [4.78, 5) is 2.74. The molecule has 0 aliphatic carbocycles. The Balaban J connectivity index is 1.35. The number of benzene rings is 9. The number of hydrogen-bond donors (Lipinski definition) is 0. The predicted octanol–water partition coefficient (Wildman–Crippen LogP) is 24.2. The Morgan fingerprint density at radius 2 is 0.744 bits per heavy atom. The molecular formula is C87H102BNO. The van der Waals surface area contributed by atoms with Crippen LogP contribution in [0.25, 0.3) is 55.6 Å². The molecule has 9 aromatic carbocycles. The third-order valence-corrected chi connectivity index (χ3v) is 19.8. The lowest BCUT2D eigenvalue weighted by atomic mass is 9.34. The first-order valence-electron chi connectivity index (χ1n) is 34.1. The summed E-state index contributed by atoms with van der Waals surface area (Å²) in [5.41, 5.74) is 33.2. The summed E-state index contributed by atoms with van der Waals surface area (Å²) in [6.45, 7) is 54.3. The molecule has 9 aromatic rings. The number of rotatable bonds is 13. The summed E-state index contributed by atoms with van der Waals surface area (Å²) in [5, 5.41) is 0. The number of fused-ring (bicyclic) bond motifs is 4. The number of hydrogen-bond acceptors (Lipinski definition) is 2. The van der Waals surface area contributed by atoms with Gasteiger partial charge < -0.3 is 9.64 Å². The van der Waals surface area contributed by atoms with Gasteiger partial charge in [-0.3, -0.25) is 0 Å². The quantitative estimate of drug-likeness (QED) is 0.107. The Morgan fingerprint density at radius 1 is 0.322 bits per heavy atom. The van der Waals surface area contributed by atoms with Crippen molar-refractivity contribution in [2.45, 2.75) is 217 Å². The molecule has 0 N–H and O–H groups in total. The Morgan fingerprint density at radius 3 is 1.20 bits per heavy atom. The van der Waals surface area contributed by atoms with Crippen LogP contribution >= 0.6 is 0 Å². The fourth-order valence-corrected chi connectivity index (χ4v) is 14.1. The normalized spacial score (nSPS) is 13.4. The SMILES string of the molecule is CC(C)c1cc(-c2ccc3c(c2)B2c4cc(-c5cc(C(C)(C)C)cc(C(C)(C)C)c5)ccc4N(c4c(-c5c(C(C)C)cc(C(C)C)cc5C(C)C)cccc4-c4c(C(C)C)cc(C(C)C)cc4C(C)C)c4cc(-c5ccccc5)cc(c42)O3)cc(C(C)(C)C)c1. The first-order chi connectivity index (χ1) is 42.3. The van der Waals surface area contributed by atoms with Gasteiger partial charge in [0.1, 0.15) is 11.5 Å². The summed E-state index contributed by atoms with van der Waals surface area (Å²) >= 11 is 0. The molecule has 0 amide bonds. The molecule has 0 aromatic heterocycles. The molecule has 11 rings (SSSR count). The fourth-order valence-electron chi connectivity index (χ4n) is 14.1. The van der Waals surface area contributed by atoms with Crippen LogP contribution in [0.4, 0.5) is 17.1 Å². The zero-order chi connectivity index (χ0) is 65.0. The van der Waals surface area contributed by atoms with Crippen LogP contribution in [0, 0.1) is 0 Å². The molecule has 2 heterocycles. The van der Waals surface area contributed by atoms with E-state index in [1.54, 1.807) is 0 Å². The van der Waals surface area contributed by atoms with E-state index in [9.17, 15) is 0 Å². The van der Waals surface area contributed by atoms with Gasteiger partial charge in [-0.15, -0.1) is 0 Å². The fraction of sp³-hybridized carbons (Fsp3) is 0.379. The highest BCUT2D eigenvalue weighted by atomic mass is 16.5. The Bertz CT molecular complexity index is 4010. The molecule has 0 spiro atoms. The number of anilines is 3. The van der Waals surface area contributed by atoms with Gasteiger partial charge in [-0.25, -0.2) is 0 Å². The minimum absolute atomic E-state index is 0.0274. The standard InChI is InChI=1S/C87H102BNO/c1-50(2)60-36-63(38-66(37-60)85(15,16)17)59-33-35-79-76(46-59)88-75-45-58(64-39-67(86(18,19)20)49-68(40-64)87(21,22)23)32-34-77(75)89(78-47-65(48-80(90-79)83(78)88)57-28-25-24-26-29-57)84-69(81-71(53(7)8)41-61(51(3)4)42-72(81)54(9)10)30-27-31-70(84)82-73(55(11)12)43-62(52(5)6)44-74(82)56(13)14/h24-56H,1-23H3. The van der Waals surface area contributed by atoms with E-state index in [1.807, 2.05) is 0 Å². The summed E-state index contributed by atoms with van der Waals surface area (Å²) in [6, 6.07) is 62.7. The van der Waals surface area contributed by atoms with Crippen molar-refractivity contribution < 1.29 is 4.74 Å². The van der Waals surface area contributed by atoms with E-state index in [0.29, 0.717) is 17.8 Å². The lowest BCUT2D eigenvalue weighted by Gasteiger charge is -2.42. The van der Waals surface area contributed by atoms with Gasteiger partial charge in [0.25, 0.3) is 6.71 Å². The smallest absolute Gasteiger partial charge is 0.256 e. The van der Waals surface area contributed by atoms with E-state index < -0.39 is 0 Å².